The third kappa shape index (κ3) is 7.52. The van der Waals surface area contributed by atoms with Crippen LogP contribution in [0.3, 0.4) is 0 Å². The van der Waals surface area contributed by atoms with E-state index in [2.05, 4.69) is 17.2 Å². The SMILES string of the molecule is CC#CCCNC(=O)C(N)CCC(=O)O. The highest BCUT2D eigenvalue weighted by Crippen LogP contribution is 1.94. The van der Waals surface area contributed by atoms with Crippen molar-refractivity contribution in [2.24, 2.45) is 5.73 Å². The van der Waals surface area contributed by atoms with Gasteiger partial charge in [0.25, 0.3) is 0 Å². The van der Waals surface area contributed by atoms with Crippen molar-refractivity contribution < 1.29 is 14.7 Å². The summed E-state index contributed by atoms with van der Waals surface area (Å²) >= 11 is 0. The molecule has 0 aromatic heterocycles. The number of nitrogens with two attached hydrogens (primary N) is 1. The summed E-state index contributed by atoms with van der Waals surface area (Å²) in [5.41, 5.74) is 5.47. The maximum Gasteiger partial charge on any atom is 0.303 e. The second-order valence-electron chi connectivity index (χ2n) is 3.01. The molecule has 0 fully saturated rings. The maximum atomic E-state index is 11.2. The van der Waals surface area contributed by atoms with E-state index in [1.807, 2.05) is 0 Å². The van der Waals surface area contributed by atoms with Crippen molar-refractivity contribution in [3.05, 3.63) is 0 Å². The topological polar surface area (TPSA) is 92.4 Å². The molecule has 0 rings (SSSR count). The fourth-order valence-electron chi connectivity index (χ4n) is 0.914. The second-order valence-corrected chi connectivity index (χ2v) is 3.01. The molecule has 15 heavy (non-hydrogen) atoms. The molecule has 0 saturated heterocycles. The van der Waals surface area contributed by atoms with Gasteiger partial charge in [-0.15, -0.1) is 11.8 Å². The Hall–Kier alpha value is -1.54. The van der Waals surface area contributed by atoms with Crippen LogP contribution in [0.2, 0.25) is 0 Å². The quantitative estimate of drug-likeness (QED) is 0.416. The summed E-state index contributed by atoms with van der Waals surface area (Å²) in [6.45, 7) is 2.17. The van der Waals surface area contributed by atoms with Gasteiger partial charge in [-0.05, 0) is 13.3 Å². The van der Waals surface area contributed by atoms with Crippen LogP contribution in [0.4, 0.5) is 0 Å². The summed E-state index contributed by atoms with van der Waals surface area (Å²) in [4.78, 5) is 21.5. The molecule has 0 heterocycles. The van der Waals surface area contributed by atoms with Gasteiger partial charge >= 0.3 is 5.97 Å². The average molecular weight is 212 g/mol. The molecule has 0 spiro atoms. The molecule has 84 valence electrons. The minimum absolute atomic E-state index is 0.0939. The van der Waals surface area contributed by atoms with Crippen LogP contribution in [0.5, 0.6) is 0 Å². The van der Waals surface area contributed by atoms with Gasteiger partial charge in [0, 0.05) is 19.4 Å². The van der Waals surface area contributed by atoms with Crippen LogP contribution in [-0.2, 0) is 9.59 Å². The summed E-state index contributed by atoms with van der Waals surface area (Å²) in [5, 5.41) is 11.0. The minimum Gasteiger partial charge on any atom is -0.481 e. The lowest BCUT2D eigenvalue weighted by atomic mass is 10.1. The summed E-state index contributed by atoms with van der Waals surface area (Å²) in [6.07, 6.45) is 0.637. The zero-order valence-electron chi connectivity index (χ0n) is 8.75. The number of amides is 1. The lowest BCUT2D eigenvalue weighted by Gasteiger charge is -2.09. The second kappa shape index (κ2) is 7.83. The largest absolute Gasteiger partial charge is 0.481 e. The Labute approximate surface area is 89.0 Å². The molecule has 0 aliphatic heterocycles. The van der Waals surface area contributed by atoms with E-state index in [-0.39, 0.29) is 18.7 Å². The third-order valence-corrected chi connectivity index (χ3v) is 1.73. The Morgan fingerprint density at radius 1 is 1.53 bits per heavy atom. The van der Waals surface area contributed by atoms with Crippen molar-refractivity contribution >= 4 is 11.9 Å². The number of aliphatic carboxylic acids is 1. The number of rotatable bonds is 6. The Morgan fingerprint density at radius 2 is 2.20 bits per heavy atom. The number of carboxylic acids is 1. The number of hydrogen-bond donors (Lipinski definition) is 3. The first-order valence-corrected chi connectivity index (χ1v) is 4.72. The first-order valence-electron chi connectivity index (χ1n) is 4.72. The Bertz CT molecular complexity index is 278. The highest BCUT2D eigenvalue weighted by atomic mass is 16.4. The summed E-state index contributed by atoms with van der Waals surface area (Å²) in [7, 11) is 0. The Balaban J connectivity index is 3.67. The molecule has 0 aromatic carbocycles. The van der Waals surface area contributed by atoms with E-state index in [0.717, 1.165) is 0 Å². The van der Waals surface area contributed by atoms with Crippen LogP contribution >= 0.6 is 0 Å². The minimum atomic E-state index is -0.949. The van der Waals surface area contributed by atoms with Gasteiger partial charge in [0.15, 0.2) is 0 Å². The number of carbonyl (C=O) groups is 2. The average Bonchev–Trinajstić information content (AvgIpc) is 2.20. The molecule has 1 unspecified atom stereocenters. The van der Waals surface area contributed by atoms with Crippen LogP contribution < -0.4 is 11.1 Å². The molecular formula is C10H16N2O3. The summed E-state index contributed by atoms with van der Waals surface area (Å²) in [5.74, 6) is 4.22. The molecule has 5 heteroatoms. The Kier molecular flexibility index (Phi) is 7.02. The highest BCUT2D eigenvalue weighted by molar-refractivity contribution is 5.82. The van der Waals surface area contributed by atoms with Gasteiger partial charge in [-0.3, -0.25) is 9.59 Å². The number of carbonyl (C=O) groups excluding carboxylic acids is 1. The number of hydrogen-bond acceptors (Lipinski definition) is 3. The predicted molar refractivity (Wildman–Crippen MR) is 55.9 cm³/mol. The van der Waals surface area contributed by atoms with Gasteiger partial charge in [0.1, 0.15) is 0 Å². The van der Waals surface area contributed by atoms with E-state index in [1.165, 1.54) is 0 Å². The molecule has 4 N–H and O–H groups in total. The Morgan fingerprint density at radius 3 is 2.73 bits per heavy atom. The van der Waals surface area contributed by atoms with Crippen molar-refractivity contribution in [1.82, 2.24) is 5.32 Å². The number of carboxylic acid groups (broad SMARTS) is 1. The lowest BCUT2D eigenvalue weighted by molar-refractivity contribution is -0.137. The fraction of sp³-hybridized carbons (Fsp3) is 0.600. The van der Waals surface area contributed by atoms with Gasteiger partial charge in [-0.25, -0.2) is 0 Å². The molecule has 0 bridgehead atoms. The maximum absolute atomic E-state index is 11.2. The van der Waals surface area contributed by atoms with Gasteiger partial charge in [-0.1, -0.05) is 0 Å². The van der Waals surface area contributed by atoms with Crippen molar-refractivity contribution in [3.63, 3.8) is 0 Å². The molecule has 0 saturated carbocycles. The number of nitrogens with one attached hydrogen (secondary N) is 1. The van der Waals surface area contributed by atoms with Crippen LogP contribution in [-0.4, -0.2) is 29.6 Å². The molecule has 0 aromatic rings. The van der Waals surface area contributed by atoms with Gasteiger partial charge in [-0.2, -0.15) is 0 Å². The molecular weight excluding hydrogens is 196 g/mol. The van der Waals surface area contributed by atoms with Crippen LogP contribution in [0, 0.1) is 11.8 Å². The standard InChI is InChI=1S/C10H16N2O3/c1-2-3-4-7-12-10(15)8(11)5-6-9(13)14/h8H,4-7,11H2,1H3,(H,12,15)(H,13,14). The van der Waals surface area contributed by atoms with Crippen molar-refractivity contribution in [3.8, 4) is 11.8 Å². The van der Waals surface area contributed by atoms with E-state index in [4.69, 9.17) is 10.8 Å². The third-order valence-electron chi connectivity index (χ3n) is 1.73. The molecule has 1 amide bonds. The summed E-state index contributed by atoms with van der Waals surface area (Å²) < 4.78 is 0. The van der Waals surface area contributed by atoms with Crippen molar-refractivity contribution in [1.29, 1.82) is 0 Å². The smallest absolute Gasteiger partial charge is 0.303 e. The van der Waals surface area contributed by atoms with E-state index in [0.29, 0.717) is 13.0 Å². The molecule has 0 aliphatic rings. The monoisotopic (exact) mass is 212 g/mol. The van der Waals surface area contributed by atoms with E-state index < -0.39 is 12.0 Å². The van der Waals surface area contributed by atoms with E-state index in [1.54, 1.807) is 6.92 Å². The van der Waals surface area contributed by atoms with Gasteiger partial charge in [0.2, 0.25) is 5.91 Å². The predicted octanol–water partition coefficient (Wildman–Crippen LogP) is -0.292. The normalized spacial score (nSPS) is 11.1. The molecule has 0 aliphatic carbocycles. The lowest BCUT2D eigenvalue weighted by Crippen LogP contribution is -2.41. The van der Waals surface area contributed by atoms with Gasteiger partial charge in [0.05, 0.1) is 6.04 Å². The molecule has 0 radical (unpaired) electrons. The van der Waals surface area contributed by atoms with Crippen LogP contribution in [0.15, 0.2) is 0 Å². The van der Waals surface area contributed by atoms with Crippen LogP contribution in [0.1, 0.15) is 26.2 Å². The molecule has 5 nitrogen and oxygen atoms in total. The zero-order valence-corrected chi connectivity index (χ0v) is 8.75. The van der Waals surface area contributed by atoms with Crippen molar-refractivity contribution in [2.75, 3.05) is 6.54 Å². The van der Waals surface area contributed by atoms with E-state index in [9.17, 15) is 9.59 Å². The fourth-order valence-corrected chi connectivity index (χ4v) is 0.914. The first-order chi connectivity index (χ1) is 7.07. The van der Waals surface area contributed by atoms with E-state index >= 15 is 0 Å². The zero-order chi connectivity index (χ0) is 11.7. The first kappa shape index (κ1) is 13.5. The highest BCUT2D eigenvalue weighted by Gasteiger charge is 2.13. The molecule has 1 atom stereocenters. The summed E-state index contributed by atoms with van der Waals surface area (Å²) in [6, 6.07) is -0.754. The van der Waals surface area contributed by atoms with Gasteiger partial charge < -0.3 is 16.2 Å². The van der Waals surface area contributed by atoms with Crippen molar-refractivity contribution in [2.45, 2.75) is 32.2 Å². The van der Waals surface area contributed by atoms with Crippen LogP contribution in [0.25, 0.3) is 0 Å².